The van der Waals surface area contributed by atoms with E-state index in [2.05, 4.69) is 43.5 Å². The summed E-state index contributed by atoms with van der Waals surface area (Å²) in [6.45, 7) is 4.93. The lowest BCUT2D eigenvalue weighted by molar-refractivity contribution is -0.143. The van der Waals surface area contributed by atoms with E-state index in [1.807, 2.05) is 0 Å². The van der Waals surface area contributed by atoms with Gasteiger partial charge in [0.05, 0.1) is 25.4 Å². The van der Waals surface area contributed by atoms with E-state index in [-0.39, 0.29) is 18.5 Å². The molecule has 6 nitrogen and oxygen atoms in total. The molecule has 6 heteroatoms. The van der Waals surface area contributed by atoms with Gasteiger partial charge in [0.25, 0.3) is 0 Å². The van der Waals surface area contributed by atoms with E-state index in [4.69, 9.17) is 4.74 Å². The largest absolute Gasteiger partial charge is 0.466 e. The maximum Gasteiger partial charge on any atom is 0.305 e. The molecule has 0 fully saturated rings. The van der Waals surface area contributed by atoms with E-state index in [1.54, 1.807) is 0 Å². The van der Waals surface area contributed by atoms with Crippen molar-refractivity contribution < 1.29 is 24.5 Å². The van der Waals surface area contributed by atoms with Gasteiger partial charge in [-0.15, -0.1) is 0 Å². The van der Waals surface area contributed by atoms with E-state index in [0.29, 0.717) is 25.9 Å². The zero-order valence-corrected chi connectivity index (χ0v) is 44.4. The molecule has 0 aliphatic heterocycles. The molecule has 0 heterocycles. The van der Waals surface area contributed by atoms with Gasteiger partial charge < -0.3 is 20.3 Å². The minimum absolute atomic E-state index is 0.0116. The SMILES string of the molecule is CCCCCC/C=C\CCCCCCCC(=O)OCCCCCCCCC/C=C\CCCCCCCC(=O)NC(CO)C(O)CCCCCCCCCCCCCCCCCCCCCC. The van der Waals surface area contributed by atoms with Crippen molar-refractivity contribution in [3.05, 3.63) is 24.3 Å². The van der Waals surface area contributed by atoms with Gasteiger partial charge in [-0.25, -0.2) is 0 Å². The van der Waals surface area contributed by atoms with Crippen LogP contribution in [0.4, 0.5) is 0 Å². The highest BCUT2D eigenvalue weighted by molar-refractivity contribution is 5.76. The van der Waals surface area contributed by atoms with E-state index in [9.17, 15) is 19.8 Å². The maximum atomic E-state index is 12.5. The van der Waals surface area contributed by atoms with Gasteiger partial charge in [0.15, 0.2) is 0 Å². The maximum absolute atomic E-state index is 12.5. The topological polar surface area (TPSA) is 95.9 Å². The van der Waals surface area contributed by atoms with Crippen LogP contribution in [0, 0.1) is 0 Å². The van der Waals surface area contributed by atoms with Crippen LogP contribution in [-0.4, -0.2) is 47.4 Å². The van der Waals surface area contributed by atoms with Crippen molar-refractivity contribution in [2.75, 3.05) is 13.2 Å². The number of carbonyl (C=O) groups is 2. The number of hydrogen-bond donors (Lipinski definition) is 3. The number of unbranched alkanes of at least 4 members (excludes halogenated alkanes) is 40. The monoisotopic (exact) mass is 930 g/mol. The molecule has 0 saturated carbocycles. The number of nitrogens with one attached hydrogen (secondary N) is 1. The smallest absolute Gasteiger partial charge is 0.305 e. The molecule has 0 aromatic heterocycles. The second kappa shape index (κ2) is 55.9. The van der Waals surface area contributed by atoms with Gasteiger partial charge in [-0.3, -0.25) is 9.59 Å². The standard InChI is InChI=1S/C60H115NO5/c1-3-5-7-9-11-13-15-17-18-19-20-21-22-25-29-32-36-40-44-48-52-58(63)57(56-62)61-59(64)53-49-45-41-37-33-30-26-23-24-27-31-35-39-43-47-51-55-66-60(65)54-50-46-42-38-34-28-16-14-12-10-8-6-4-2/h14,16,23,26,57-58,62-63H,3-13,15,17-22,24-25,27-56H2,1-2H3,(H,61,64)/b16-14-,26-23-. The molecule has 2 atom stereocenters. The van der Waals surface area contributed by atoms with E-state index in [1.165, 1.54) is 225 Å². The Bertz CT molecular complexity index is 1030. The van der Waals surface area contributed by atoms with Crippen LogP contribution in [0.3, 0.4) is 0 Å². The summed E-state index contributed by atoms with van der Waals surface area (Å²) in [6.07, 6.45) is 67.4. The fourth-order valence-corrected chi connectivity index (χ4v) is 9.16. The molecule has 0 spiro atoms. The molecule has 0 aromatic carbocycles. The second-order valence-electron chi connectivity index (χ2n) is 20.3. The van der Waals surface area contributed by atoms with Crippen molar-refractivity contribution in [2.24, 2.45) is 0 Å². The van der Waals surface area contributed by atoms with Crippen molar-refractivity contribution in [3.63, 3.8) is 0 Å². The van der Waals surface area contributed by atoms with Crippen LogP contribution in [-0.2, 0) is 14.3 Å². The molecule has 390 valence electrons. The summed E-state index contributed by atoms with van der Waals surface area (Å²) in [5, 5.41) is 23.3. The number of esters is 1. The first-order chi connectivity index (χ1) is 32.5. The lowest BCUT2D eigenvalue weighted by Gasteiger charge is -2.22. The highest BCUT2D eigenvalue weighted by atomic mass is 16.5. The molecule has 2 unspecified atom stereocenters. The van der Waals surface area contributed by atoms with Crippen LogP contribution in [0.25, 0.3) is 0 Å². The van der Waals surface area contributed by atoms with Crippen LogP contribution < -0.4 is 5.32 Å². The molecule has 0 aliphatic rings. The average Bonchev–Trinajstić information content (AvgIpc) is 3.32. The fourth-order valence-electron chi connectivity index (χ4n) is 9.16. The normalized spacial score (nSPS) is 12.7. The Labute approximate surface area is 411 Å². The Morgan fingerprint density at radius 2 is 0.712 bits per heavy atom. The summed E-state index contributed by atoms with van der Waals surface area (Å²) in [5.74, 6) is -0.0613. The first-order valence-corrected chi connectivity index (χ1v) is 29.6. The van der Waals surface area contributed by atoms with Crippen molar-refractivity contribution in [1.82, 2.24) is 5.32 Å². The van der Waals surface area contributed by atoms with Gasteiger partial charge in [-0.1, -0.05) is 256 Å². The van der Waals surface area contributed by atoms with Crippen LogP contribution in [0.1, 0.15) is 322 Å². The van der Waals surface area contributed by atoms with Crippen LogP contribution in [0.5, 0.6) is 0 Å². The van der Waals surface area contributed by atoms with E-state index >= 15 is 0 Å². The van der Waals surface area contributed by atoms with Gasteiger partial charge >= 0.3 is 5.97 Å². The Hall–Kier alpha value is -1.66. The Morgan fingerprint density at radius 3 is 1.09 bits per heavy atom. The summed E-state index contributed by atoms with van der Waals surface area (Å²) in [5.41, 5.74) is 0. The zero-order valence-electron chi connectivity index (χ0n) is 44.4. The van der Waals surface area contributed by atoms with E-state index < -0.39 is 12.1 Å². The van der Waals surface area contributed by atoms with Crippen LogP contribution in [0.2, 0.25) is 0 Å². The van der Waals surface area contributed by atoms with Crippen molar-refractivity contribution in [1.29, 1.82) is 0 Å². The zero-order chi connectivity index (χ0) is 47.9. The lowest BCUT2D eigenvalue weighted by atomic mass is 10.0. The van der Waals surface area contributed by atoms with Gasteiger partial charge in [0, 0.05) is 12.8 Å². The summed E-state index contributed by atoms with van der Waals surface area (Å²) in [6, 6.07) is -0.554. The second-order valence-corrected chi connectivity index (χ2v) is 20.3. The van der Waals surface area contributed by atoms with Crippen molar-refractivity contribution in [3.8, 4) is 0 Å². The molecule has 0 aliphatic carbocycles. The number of aliphatic hydroxyl groups excluding tert-OH is 2. The quantitative estimate of drug-likeness (QED) is 0.0321. The van der Waals surface area contributed by atoms with Gasteiger partial charge in [0.2, 0.25) is 5.91 Å². The summed E-state index contributed by atoms with van der Waals surface area (Å²) in [7, 11) is 0. The number of amides is 1. The Balaban J connectivity index is 3.47. The molecule has 1 amide bonds. The summed E-state index contributed by atoms with van der Waals surface area (Å²) >= 11 is 0. The molecule has 66 heavy (non-hydrogen) atoms. The molecule has 0 saturated heterocycles. The Kier molecular flexibility index (Phi) is 54.5. The molecule has 0 aromatic rings. The first kappa shape index (κ1) is 64.3. The highest BCUT2D eigenvalue weighted by Crippen LogP contribution is 2.17. The molecular formula is C60H115NO5. The molecule has 0 radical (unpaired) electrons. The number of rotatable bonds is 55. The number of hydrogen-bond acceptors (Lipinski definition) is 5. The predicted molar refractivity (Wildman–Crippen MR) is 287 cm³/mol. The number of ether oxygens (including phenoxy) is 1. The van der Waals surface area contributed by atoms with E-state index in [0.717, 1.165) is 64.2 Å². The average molecular weight is 931 g/mol. The summed E-state index contributed by atoms with van der Waals surface area (Å²) in [4.78, 5) is 24.5. The minimum Gasteiger partial charge on any atom is -0.466 e. The number of aliphatic hydroxyl groups is 2. The van der Waals surface area contributed by atoms with Crippen LogP contribution in [0.15, 0.2) is 24.3 Å². The number of allylic oxidation sites excluding steroid dienone is 4. The van der Waals surface area contributed by atoms with Gasteiger partial charge in [-0.05, 0) is 77.0 Å². The molecule has 3 N–H and O–H groups in total. The minimum atomic E-state index is -0.676. The van der Waals surface area contributed by atoms with Crippen molar-refractivity contribution in [2.45, 2.75) is 334 Å². The number of carbonyl (C=O) groups excluding carboxylic acids is 2. The molecular weight excluding hydrogens is 815 g/mol. The third kappa shape index (κ3) is 51.7. The first-order valence-electron chi connectivity index (χ1n) is 29.6. The molecule has 0 rings (SSSR count). The highest BCUT2D eigenvalue weighted by Gasteiger charge is 2.20. The summed E-state index contributed by atoms with van der Waals surface area (Å²) < 4.78 is 5.46. The van der Waals surface area contributed by atoms with Gasteiger partial charge in [0.1, 0.15) is 0 Å². The molecule has 0 bridgehead atoms. The third-order valence-electron chi connectivity index (χ3n) is 13.7. The predicted octanol–water partition coefficient (Wildman–Crippen LogP) is 18.2. The van der Waals surface area contributed by atoms with Crippen LogP contribution >= 0.6 is 0 Å². The third-order valence-corrected chi connectivity index (χ3v) is 13.7. The Morgan fingerprint density at radius 1 is 0.409 bits per heavy atom. The lowest BCUT2D eigenvalue weighted by Crippen LogP contribution is -2.45. The van der Waals surface area contributed by atoms with Crippen molar-refractivity contribution >= 4 is 11.9 Å². The van der Waals surface area contributed by atoms with Gasteiger partial charge in [-0.2, -0.15) is 0 Å². The fraction of sp³-hybridized carbons (Fsp3) is 0.900.